The Bertz CT molecular complexity index is 1160. The van der Waals surface area contributed by atoms with Crippen LogP contribution >= 0.6 is 0 Å². The van der Waals surface area contributed by atoms with Gasteiger partial charge in [0.25, 0.3) is 0 Å². The summed E-state index contributed by atoms with van der Waals surface area (Å²) in [6.45, 7) is 0. The molecule has 0 unspecified atom stereocenters. The Balaban J connectivity index is 1.67. The second-order valence-corrected chi connectivity index (χ2v) is 6.79. The molecule has 170 valence electrons. The SMILES string of the molecule is COc1ccc(C(=O)/C=C/c2ccc(OC(=O)c3ccc(OC)c(OC)c3)cc2)c(OC)c1. The highest BCUT2D eigenvalue weighted by Crippen LogP contribution is 2.28. The lowest BCUT2D eigenvalue weighted by atomic mass is 10.1. The van der Waals surface area contributed by atoms with Crippen molar-refractivity contribution >= 4 is 17.8 Å². The molecule has 0 radical (unpaired) electrons. The third kappa shape index (κ3) is 5.71. The van der Waals surface area contributed by atoms with Gasteiger partial charge in [0.2, 0.25) is 0 Å². The summed E-state index contributed by atoms with van der Waals surface area (Å²) in [7, 11) is 6.06. The van der Waals surface area contributed by atoms with Crippen molar-refractivity contribution in [2.24, 2.45) is 0 Å². The van der Waals surface area contributed by atoms with E-state index in [9.17, 15) is 9.59 Å². The van der Waals surface area contributed by atoms with Gasteiger partial charge in [0.05, 0.1) is 39.6 Å². The van der Waals surface area contributed by atoms with Crippen LogP contribution in [-0.2, 0) is 0 Å². The topological polar surface area (TPSA) is 80.3 Å². The van der Waals surface area contributed by atoms with Gasteiger partial charge in [-0.15, -0.1) is 0 Å². The van der Waals surface area contributed by atoms with Gasteiger partial charge in [0.15, 0.2) is 17.3 Å². The van der Waals surface area contributed by atoms with Crippen LogP contribution in [0.1, 0.15) is 26.3 Å². The average Bonchev–Trinajstić information content (AvgIpc) is 2.87. The smallest absolute Gasteiger partial charge is 0.343 e. The van der Waals surface area contributed by atoms with Crippen molar-refractivity contribution in [1.29, 1.82) is 0 Å². The maximum Gasteiger partial charge on any atom is 0.343 e. The number of ketones is 1. The van der Waals surface area contributed by atoms with E-state index >= 15 is 0 Å². The molecule has 7 nitrogen and oxygen atoms in total. The first-order valence-corrected chi connectivity index (χ1v) is 9.97. The number of carbonyl (C=O) groups excluding carboxylic acids is 2. The Morgan fingerprint density at radius 2 is 1.33 bits per heavy atom. The Morgan fingerprint density at radius 3 is 1.97 bits per heavy atom. The van der Waals surface area contributed by atoms with Gasteiger partial charge in [0.1, 0.15) is 17.2 Å². The van der Waals surface area contributed by atoms with Gasteiger partial charge >= 0.3 is 5.97 Å². The summed E-state index contributed by atoms with van der Waals surface area (Å²) in [6.07, 6.45) is 3.13. The molecule has 7 heteroatoms. The number of benzene rings is 3. The number of ether oxygens (including phenoxy) is 5. The fourth-order valence-electron chi connectivity index (χ4n) is 3.04. The predicted molar refractivity (Wildman–Crippen MR) is 124 cm³/mol. The molecule has 0 fully saturated rings. The van der Waals surface area contributed by atoms with E-state index in [0.29, 0.717) is 39.9 Å². The maximum atomic E-state index is 12.6. The van der Waals surface area contributed by atoms with Crippen LogP contribution in [0.15, 0.2) is 66.7 Å². The van der Waals surface area contributed by atoms with Crippen LogP contribution in [0.2, 0.25) is 0 Å². The molecule has 0 amide bonds. The Hall–Kier alpha value is -4.26. The lowest BCUT2D eigenvalue weighted by Gasteiger charge is -2.09. The number of hydrogen-bond acceptors (Lipinski definition) is 7. The standard InChI is InChI=1S/C26H24O7/c1-29-20-11-12-21(24(16-20)31-3)22(27)13-7-17-5-9-19(10-6-17)33-26(28)18-8-14-23(30-2)25(15-18)32-4/h5-16H,1-4H3/b13-7+. The average molecular weight is 448 g/mol. The van der Waals surface area contributed by atoms with Crippen LogP contribution in [0.5, 0.6) is 28.7 Å². The summed E-state index contributed by atoms with van der Waals surface area (Å²) in [5.41, 5.74) is 1.52. The van der Waals surface area contributed by atoms with Crippen molar-refractivity contribution in [2.75, 3.05) is 28.4 Å². The maximum absolute atomic E-state index is 12.6. The molecule has 3 rings (SSSR count). The van der Waals surface area contributed by atoms with E-state index in [1.54, 1.807) is 73.8 Å². The van der Waals surface area contributed by atoms with Crippen LogP contribution < -0.4 is 23.7 Å². The molecule has 0 aliphatic heterocycles. The highest BCUT2D eigenvalue weighted by Gasteiger charge is 2.13. The molecule has 0 aliphatic rings. The second-order valence-electron chi connectivity index (χ2n) is 6.79. The van der Waals surface area contributed by atoms with Gasteiger partial charge in [-0.2, -0.15) is 0 Å². The van der Waals surface area contributed by atoms with Gasteiger partial charge in [-0.25, -0.2) is 4.79 Å². The normalized spacial score (nSPS) is 10.5. The van der Waals surface area contributed by atoms with Crippen molar-refractivity contribution in [3.05, 3.63) is 83.4 Å². The molecule has 0 spiro atoms. The summed E-state index contributed by atoms with van der Waals surface area (Å²) >= 11 is 0. The zero-order chi connectivity index (χ0) is 23.8. The van der Waals surface area contributed by atoms with Crippen LogP contribution in [0.25, 0.3) is 6.08 Å². The van der Waals surface area contributed by atoms with E-state index in [1.165, 1.54) is 27.4 Å². The monoisotopic (exact) mass is 448 g/mol. The van der Waals surface area contributed by atoms with E-state index in [-0.39, 0.29) is 5.78 Å². The summed E-state index contributed by atoms with van der Waals surface area (Å²) in [5, 5.41) is 0. The van der Waals surface area contributed by atoms with Crippen LogP contribution in [0.4, 0.5) is 0 Å². The van der Waals surface area contributed by atoms with Crippen molar-refractivity contribution in [1.82, 2.24) is 0 Å². The Morgan fingerprint density at radius 1 is 0.667 bits per heavy atom. The van der Waals surface area contributed by atoms with Crippen LogP contribution in [0, 0.1) is 0 Å². The van der Waals surface area contributed by atoms with Crippen molar-refractivity contribution in [2.45, 2.75) is 0 Å². The fraction of sp³-hybridized carbons (Fsp3) is 0.154. The van der Waals surface area contributed by atoms with Gasteiger partial charge in [-0.05, 0) is 54.1 Å². The lowest BCUT2D eigenvalue weighted by Crippen LogP contribution is -2.08. The Labute approximate surface area is 192 Å². The highest BCUT2D eigenvalue weighted by atomic mass is 16.5. The number of rotatable bonds is 9. The molecule has 0 bridgehead atoms. The molecule has 0 heterocycles. The Kier molecular flexibility index (Phi) is 7.70. The minimum absolute atomic E-state index is 0.210. The van der Waals surface area contributed by atoms with E-state index in [4.69, 9.17) is 23.7 Å². The molecule has 0 atom stereocenters. The molecule has 33 heavy (non-hydrogen) atoms. The number of carbonyl (C=O) groups is 2. The first kappa shape index (κ1) is 23.4. The first-order valence-electron chi connectivity index (χ1n) is 9.97. The molecule has 3 aromatic carbocycles. The molecular weight excluding hydrogens is 424 g/mol. The molecule has 0 saturated heterocycles. The minimum Gasteiger partial charge on any atom is -0.497 e. The number of esters is 1. The number of allylic oxidation sites excluding steroid dienone is 1. The number of methoxy groups -OCH3 is 4. The lowest BCUT2D eigenvalue weighted by molar-refractivity contribution is 0.0734. The van der Waals surface area contributed by atoms with Gasteiger partial charge in [-0.1, -0.05) is 18.2 Å². The van der Waals surface area contributed by atoms with Gasteiger partial charge < -0.3 is 23.7 Å². The highest BCUT2D eigenvalue weighted by molar-refractivity contribution is 6.08. The third-order valence-corrected chi connectivity index (χ3v) is 4.81. The summed E-state index contributed by atoms with van der Waals surface area (Å²) < 4.78 is 26.2. The van der Waals surface area contributed by atoms with E-state index < -0.39 is 5.97 Å². The quantitative estimate of drug-likeness (QED) is 0.201. The predicted octanol–water partition coefficient (Wildman–Crippen LogP) is 4.84. The third-order valence-electron chi connectivity index (χ3n) is 4.81. The second kappa shape index (κ2) is 10.9. The zero-order valence-electron chi connectivity index (χ0n) is 18.8. The van der Waals surface area contributed by atoms with Crippen molar-refractivity contribution in [3.63, 3.8) is 0 Å². The summed E-state index contributed by atoms with van der Waals surface area (Å²) in [4.78, 5) is 25.0. The molecule has 0 aromatic heterocycles. The molecule has 0 N–H and O–H groups in total. The van der Waals surface area contributed by atoms with E-state index in [1.807, 2.05) is 0 Å². The van der Waals surface area contributed by atoms with Crippen molar-refractivity contribution in [3.8, 4) is 28.7 Å². The zero-order valence-corrected chi connectivity index (χ0v) is 18.8. The fourth-order valence-corrected chi connectivity index (χ4v) is 3.04. The first-order chi connectivity index (χ1) is 16.0. The number of hydrogen-bond donors (Lipinski definition) is 0. The largest absolute Gasteiger partial charge is 0.497 e. The van der Waals surface area contributed by atoms with Gasteiger partial charge in [0, 0.05) is 6.07 Å². The molecule has 3 aromatic rings. The minimum atomic E-state index is -0.527. The van der Waals surface area contributed by atoms with Crippen LogP contribution in [0.3, 0.4) is 0 Å². The molecule has 0 aliphatic carbocycles. The van der Waals surface area contributed by atoms with Gasteiger partial charge in [-0.3, -0.25) is 4.79 Å². The van der Waals surface area contributed by atoms with Crippen LogP contribution in [-0.4, -0.2) is 40.2 Å². The summed E-state index contributed by atoms with van der Waals surface area (Å²) in [5.74, 6) is 1.62. The van der Waals surface area contributed by atoms with E-state index in [0.717, 1.165) is 5.56 Å². The summed E-state index contributed by atoms with van der Waals surface area (Å²) in [6, 6.07) is 16.6. The molecule has 0 saturated carbocycles. The van der Waals surface area contributed by atoms with Crippen molar-refractivity contribution < 1.29 is 33.3 Å². The molecular formula is C26H24O7. The van der Waals surface area contributed by atoms with E-state index in [2.05, 4.69) is 0 Å².